The first-order chi connectivity index (χ1) is 8.40. The lowest BCUT2D eigenvalue weighted by atomic mass is 9.58. The third-order valence-corrected chi connectivity index (χ3v) is 5.25. The molecule has 0 saturated heterocycles. The van der Waals surface area contributed by atoms with Crippen molar-refractivity contribution in [1.29, 1.82) is 0 Å². The zero-order valence-electron chi connectivity index (χ0n) is 11.6. The minimum absolute atomic E-state index is 0.147. The summed E-state index contributed by atoms with van der Waals surface area (Å²) in [7, 11) is 0. The second-order valence-corrected chi connectivity index (χ2v) is 6.32. The Morgan fingerprint density at radius 3 is 2.78 bits per heavy atom. The number of fused-ring (bicyclic) bond motifs is 1. The number of Topliss-reactive ketones (excluding diaryl/α,β-unsaturated/α-hetero) is 1. The van der Waals surface area contributed by atoms with E-state index in [9.17, 15) is 15.0 Å². The Bertz CT molecular complexity index is 385. The van der Waals surface area contributed by atoms with Crippen molar-refractivity contribution in [2.45, 2.75) is 52.6 Å². The summed E-state index contributed by atoms with van der Waals surface area (Å²) in [5.41, 5.74) is 1.78. The Hall–Kier alpha value is -0.670. The van der Waals surface area contributed by atoms with Gasteiger partial charge in [0.1, 0.15) is 0 Å². The molecule has 102 valence electrons. The van der Waals surface area contributed by atoms with Gasteiger partial charge in [-0.25, -0.2) is 0 Å². The molecule has 3 heteroatoms. The molecule has 0 aromatic rings. The van der Waals surface area contributed by atoms with E-state index in [1.807, 2.05) is 13.8 Å². The summed E-state index contributed by atoms with van der Waals surface area (Å²) in [6.45, 7) is 6.14. The molecule has 1 fully saturated rings. The summed E-state index contributed by atoms with van der Waals surface area (Å²) in [5.74, 6) is 0.697. The number of ketones is 1. The van der Waals surface area contributed by atoms with E-state index in [2.05, 4.69) is 6.92 Å². The number of aliphatic hydroxyl groups is 2. The van der Waals surface area contributed by atoms with Gasteiger partial charge in [-0.1, -0.05) is 19.4 Å². The van der Waals surface area contributed by atoms with E-state index >= 15 is 0 Å². The first kappa shape index (κ1) is 13.8. The highest BCUT2D eigenvalue weighted by molar-refractivity contribution is 5.96. The van der Waals surface area contributed by atoms with Crippen LogP contribution in [0.4, 0.5) is 0 Å². The van der Waals surface area contributed by atoms with Gasteiger partial charge in [-0.15, -0.1) is 0 Å². The van der Waals surface area contributed by atoms with Gasteiger partial charge in [0.25, 0.3) is 0 Å². The van der Waals surface area contributed by atoms with Gasteiger partial charge >= 0.3 is 0 Å². The number of rotatable bonds is 2. The van der Waals surface area contributed by atoms with Crippen molar-refractivity contribution in [1.82, 2.24) is 0 Å². The fourth-order valence-electron chi connectivity index (χ4n) is 3.54. The third-order valence-electron chi connectivity index (χ3n) is 5.25. The van der Waals surface area contributed by atoms with Crippen molar-refractivity contribution in [2.75, 3.05) is 6.61 Å². The molecule has 18 heavy (non-hydrogen) atoms. The Morgan fingerprint density at radius 2 is 2.17 bits per heavy atom. The average molecular weight is 252 g/mol. The summed E-state index contributed by atoms with van der Waals surface area (Å²) in [6.07, 6.45) is 2.53. The molecule has 0 aliphatic heterocycles. The Morgan fingerprint density at radius 1 is 1.50 bits per heavy atom. The molecule has 0 amide bonds. The standard InChI is InChI=1S/C15H24O3/c1-9(8-16)11-6-12-10(2)13(17)4-5-15(12,3)14(18)7-11/h9,11,14,16,18H,4-8H2,1-3H3/t9-,11+,14+,15+/m1/s1. The molecule has 4 atom stereocenters. The van der Waals surface area contributed by atoms with Crippen molar-refractivity contribution in [2.24, 2.45) is 17.3 Å². The van der Waals surface area contributed by atoms with Gasteiger partial charge in [-0.05, 0) is 43.6 Å². The lowest BCUT2D eigenvalue weighted by Crippen LogP contribution is -2.45. The number of carbonyl (C=O) groups excluding carboxylic acids is 1. The van der Waals surface area contributed by atoms with E-state index in [0.717, 1.165) is 30.4 Å². The quantitative estimate of drug-likeness (QED) is 0.791. The molecule has 0 spiro atoms. The van der Waals surface area contributed by atoms with Crippen LogP contribution in [0.25, 0.3) is 0 Å². The van der Waals surface area contributed by atoms with Gasteiger partial charge in [-0.3, -0.25) is 4.79 Å². The molecule has 0 bridgehead atoms. The smallest absolute Gasteiger partial charge is 0.158 e. The molecular formula is C15H24O3. The lowest BCUT2D eigenvalue weighted by Gasteiger charge is -2.48. The van der Waals surface area contributed by atoms with Crippen molar-refractivity contribution >= 4 is 5.78 Å². The number of aliphatic hydroxyl groups excluding tert-OH is 2. The fraction of sp³-hybridized carbons (Fsp3) is 0.800. The van der Waals surface area contributed by atoms with Crippen LogP contribution in [0.5, 0.6) is 0 Å². The summed E-state index contributed by atoms with van der Waals surface area (Å²) in [6, 6.07) is 0. The molecule has 2 rings (SSSR count). The highest BCUT2D eigenvalue weighted by atomic mass is 16.3. The maximum atomic E-state index is 11.9. The maximum Gasteiger partial charge on any atom is 0.158 e. The summed E-state index contributed by atoms with van der Waals surface area (Å²) in [5, 5.41) is 19.7. The molecule has 3 nitrogen and oxygen atoms in total. The first-order valence-electron chi connectivity index (χ1n) is 6.92. The SMILES string of the molecule is CC1=C2C[C@H]([C@H](C)CO)C[C@H](O)[C@@]2(C)CCC1=O. The van der Waals surface area contributed by atoms with Crippen molar-refractivity contribution in [3.8, 4) is 0 Å². The predicted octanol–water partition coefficient (Wildman–Crippen LogP) is 2.07. The van der Waals surface area contributed by atoms with Crippen LogP contribution in [0.15, 0.2) is 11.1 Å². The van der Waals surface area contributed by atoms with E-state index in [1.54, 1.807) is 0 Å². The zero-order valence-corrected chi connectivity index (χ0v) is 11.6. The molecular weight excluding hydrogens is 228 g/mol. The van der Waals surface area contributed by atoms with Crippen LogP contribution in [0.2, 0.25) is 0 Å². The van der Waals surface area contributed by atoms with Gasteiger partial charge in [0.2, 0.25) is 0 Å². The monoisotopic (exact) mass is 252 g/mol. The van der Waals surface area contributed by atoms with E-state index < -0.39 is 0 Å². The predicted molar refractivity (Wildman–Crippen MR) is 70.0 cm³/mol. The Kier molecular flexibility index (Phi) is 3.65. The molecule has 2 aliphatic rings. The van der Waals surface area contributed by atoms with Crippen LogP contribution in [0, 0.1) is 17.3 Å². The van der Waals surface area contributed by atoms with Gasteiger partial charge < -0.3 is 10.2 Å². The van der Waals surface area contributed by atoms with Gasteiger partial charge in [-0.2, -0.15) is 0 Å². The molecule has 2 N–H and O–H groups in total. The summed E-state index contributed by atoms with van der Waals surface area (Å²) in [4.78, 5) is 11.9. The minimum Gasteiger partial charge on any atom is -0.396 e. The van der Waals surface area contributed by atoms with Crippen LogP contribution >= 0.6 is 0 Å². The van der Waals surface area contributed by atoms with Gasteiger partial charge in [0.15, 0.2) is 5.78 Å². The topological polar surface area (TPSA) is 57.5 Å². The Labute approximate surface area is 109 Å². The normalized spacial score (nSPS) is 38.6. The molecule has 0 aromatic carbocycles. The molecule has 1 saturated carbocycles. The van der Waals surface area contributed by atoms with Crippen LogP contribution in [-0.2, 0) is 4.79 Å². The van der Waals surface area contributed by atoms with Crippen molar-refractivity contribution in [3.05, 3.63) is 11.1 Å². The highest BCUT2D eigenvalue weighted by Crippen LogP contribution is 2.51. The minimum atomic E-state index is -0.386. The number of hydrogen-bond donors (Lipinski definition) is 2. The van der Waals surface area contributed by atoms with E-state index in [1.165, 1.54) is 0 Å². The molecule has 2 aliphatic carbocycles. The van der Waals surface area contributed by atoms with Crippen LogP contribution in [0.3, 0.4) is 0 Å². The largest absolute Gasteiger partial charge is 0.396 e. The van der Waals surface area contributed by atoms with Crippen LogP contribution in [0.1, 0.15) is 46.5 Å². The Balaban J connectivity index is 2.35. The highest BCUT2D eigenvalue weighted by Gasteiger charge is 2.47. The van der Waals surface area contributed by atoms with Crippen LogP contribution < -0.4 is 0 Å². The fourth-order valence-corrected chi connectivity index (χ4v) is 3.54. The first-order valence-corrected chi connectivity index (χ1v) is 6.92. The number of allylic oxidation sites excluding steroid dienone is 1. The second-order valence-electron chi connectivity index (χ2n) is 6.32. The molecule has 0 unspecified atom stereocenters. The molecule has 0 aromatic heterocycles. The number of carbonyl (C=O) groups is 1. The van der Waals surface area contributed by atoms with Crippen molar-refractivity contribution < 1.29 is 15.0 Å². The molecule has 0 heterocycles. The van der Waals surface area contributed by atoms with Crippen molar-refractivity contribution in [3.63, 3.8) is 0 Å². The van der Waals surface area contributed by atoms with E-state index in [0.29, 0.717) is 6.42 Å². The van der Waals surface area contributed by atoms with Gasteiger partial charge in [0.05, 0.1) is 6.10 Å². The maximum absolute atomic E-state index is 11.9. The lowest BCUT2D eigenvalue weighted by molar-refractivity contribution is -0.118. The molecule has 0 radical (unpaired) electrons. The third kappa shape index (κ3) is 2.04. The summed E-state index contributed by atoms with van der Waals surface area (Å²) >= 11 is 0. The zero-order chi connectivity index (χ0) is 13.5. The van der Waals surface area contributed by atoms with E-state index in [-0.39, 0.29) is 35.7 Å². The van der Waals surface area contributed by atoms with Gasteiger partial charge in [0, 0.05) is 18.4 Å². The van der Waals surface area contributed by atoms with Crippen LogP contribution in [-0.4, -0.2) is 28.7 Å². The second kappa shape index (κ2) is 4.78. The average Bonchev–Trinajstić information content (AvgIpc) is 2.36. The van der Waals surface area contributed by atoms with E-state index in [4.69, 9.17) is 0 Å². The summed E-state index contributed by atoms with van der Waals surface area (Å²) < 4.78 is 0. The number of hydrogen-bond acceptors (Lipinski definition) is 3.